The number of dihydropyridines is 2. The first-order valence-electron chi connectivity index (χ1n) is 22.7. The molecule has 4 aliphatic heterocycles. The number of ketones is 2. The number of imide groups is 1. The van der Waals surface area contributed by atoms with E-state index in [2.05, 4.69) is 20.9 Å². The van der Waals surface area contributed by atoms with Crippen molar-refractivity contribution in [2.75, 3.05) is 40.5 Å². The Hall–Kier alpha value is -6.59. The maximum Gasteiger partial charge on any atom is 0.253 e. The number of nitrogens with two attached hydrogens (primary N) is 3. The molecule has 0 spiro atoms. The van der Waals surface area contributed by atoms with Crippen LogP contribution in [-0.4, -0.2) is 142 Å². The molecule has 8 rings (SSSR count). The average Bonchev–Trinajstić information content (AvgIpc) is 3.53. The fraction of sp³-hybridized carbons (Fsp3) is 0.438. The number of ether oxygens (including phenoxy) is 3. The van der Waals surface area contributed by atoms with Crippen LogP contribution in [0.1, 0.15) is 67.8 Å². The van der Waals surface area contributed by atoms with E-state index in [0.717, 1.165) is 22.6 Å². The van der Waals surface area contributed by atoms with E-state index in [1.54, 1.807) is 12.2 Å². The van der Waals surface area contributed by atoms with Crippen LogP contribution >= 0.6 is 0 Å². The molecule has 0 radical (unpaired) electrons. The molecule has 2 aromatic rings. The number of phenolic OH excluding ortho intramolecular Hbond substituents is 1. The number of nitrogens with one attached hydrogen (secondary N) is 3. The van der Waals surface area contributed by atoms with E-state index < -0.39 is 84.4 Å². The van der Waals surface area contributed by atoms with Crippen molar-refractivity contribution in [3.63, 3.8) is 0 Å². The molecule has 0 saturated carbocycles. The molecule has 1 saturated heterocycles. The third-order valence-corrected chi connectivity index (χ3v) is 14.0. The molecule has 2 aliphatic carbocycles. The SMILES string of the molecule is CN=C(N)NCc1c(O)c2c(c3c1CC(C1=CNC(N)C=C1)C(CCO)CC3)C(=O)c1cc(OC)cc(OC3OC(CO)C(O)(CC(CN4C(=O)C=CC4=O)C4=CCNC(N)=C4)C(O)C3O)c1C2=O. The number of aliphatic hydroxyl groups excluding tert-OH is 4. The summed E-state index contributed by atoms with van der Waals surface area (Å²) in [5.74, 6) is -4.36. The van der Waals surface area contributed by atoms with Gasteiger partial charge in [0.1, 0.15) is 41.2 Å². The first-order chi connectivity index (χ1) is 33.0. The zero-order chi connectivity index (χ0) is 49.5. The summed E-state index contributed by atoms with van der Waals surface area (Å²) in [5.41, 5.74) is 17.8. The average molecular weight is 955 g/mol. The van der Waals surface area contributed by atoms with Crippen LogP contribution in [0.4, 0.5) is 0 Å². The number of aromatic hydroxyl groups is 1. The molecule has 368 valence electrons. The number of carbonyl (C=O) groups is 4. The fourth-order valence-corrected chi connectivity index (χ4v) is 10.4. The van der Waals surface area contributed by atoms with Gasteiger partial charge >= 0.3 is 0 Å². The van der Waals surface area contributed by atoms with Crippen LogP contribution in [0.2, 0.25) is 0 Å². The van der Waals surface area contributed by atoms with Gasteiger partial charge in [0.15, 0.2) is 11.7 Å². The predicted octanol–water partition coefficient (Wildman–Crippen LogP) is -1.55. The van der Waals surface area contributed by atoms with Gasteiger partial charge in [-0.15, -0.1) is 0 Å². The second-order valence-corrected chi connectivity index (χ2v) is 17.9. The molecule has 21 nitrogen and oxygen atoms in total. The fourth-order valence-electron chi connectivity index (χ4n) is 10.4. The number of aliphatic hydroxyl groups is 5. The number of amides is 2. The van der Waals surface area contributed by atoms with Crippen LogP contribution in [0.3, 0.4) is 0 Å². The highest BCUT2D eigenvalue weighted by Gasteiger charge is 2.57. The van der Waals surface area contributed by atoms with Gasteiger partial charge in [0.2, 0.25) is 12.1 Å². The molecule has 15 N–H and O–H groups in total. The molecule has 9 atom stereocenters. The first-order valence-corrected chi connectivity index (χ1v) is 22.7. The number of rotatable bonds is 14. The predicted molar refractivity (Wildman–Crippen MR) is 247 cm³/mol. The van der Waals surface area contributed by atoms with Crippen molar-refractivity contribution >= 4 is 29.3 Å². The molecule has 0 aromatic heterocycles. The maximum atomic E-state index is 15.1. The zero-order valence-electron chi connectivity index (χ0n) is 38.1. The van der Waals surface area contributed by atoms with Crippen molar-refractivity contribution in [3.8, 4) is 17.2 Å². The van der Waals surface area contributed by atoms with Crippen LogP contribution in [0.25, 0.3) is 0 Å². The van der Waals surface area contributed by atoms with Crippen LogP contribution in [0.5, 0.6) is 17.2 Å². The second-order valence-electron chi connectivity index (χ2n) is 17.9. The summed E-state index contributed by atoms with van der Waals surface area (Å²) in [5, 5.41) is 78.1. The normalized spacial score (nSPS) is 28.1. The zero-order valence-corrected chi connectivity index (χ0v) is 38.1. The Bertz CT molecular complexity index is 2600. The van der Waals surface area contributed by atoms with Crippen molar-refractivity contribution in [2.45, 2.75) is 75.0 Å². The van der Waals surface area contributed by atoms with E-state index in [9.17, 15) is 40.2 Å². The Labute approximate surface area is 396 Å². The van der Waals surface area contributed by atoms with E-state index in [-0.39, 0.29) is 83.6 Å². The van der Waals surface area contributed by atoms with Gasteiger partial charge in [0.25, 0.3) is 11.8 Å². The molecule has 2 amide bonds. The molecule has 2 aromatic carbocycles. The Morgan fingerprint density at radius 3 is 2.48 bits per heavy atom. The summed E-state index contributed by atoms with van der Waals surface area (Å²) >= 11 is 0. The molecule has 9 unspecified atom stereocenters. The molecule has 0 bridgehead atoms. The Morgan fingerprint density at radius 1 is 1.07 bits per heavy atom. The number of nitrogens with zero attached hydrogens (tertiary/aromatic N) is 2. The lowest BCUT2D eigenvalue weighted by atomic mass is 9.75. The lowest BCUT2D eigenvalue weighted by Crippen LogP contribution is -2.68. The van der Waals surface area contributed by atoms with E-state index in [1.807, 2.05) is 18.4 Å². The molecule has 69 heavy (non-hydrogen) atoms. The number of fused-ring (bicyclic) bond motifs is 4. The van der Waals surface area contributed by atoms with E-state index in [0.29, 0.717) is 47.9 Å². The van der Waals surface area contributed by atoms with Gasteiger partial charge in [-0.2, -0.15) is 0 Å². The van der Waals surface area contributed by atoms with E-state index >= 15 is 9.59 Å². The van der Waals surface area contributed by atoms with Crippen LogP contribution < -0.4 is 42.6 Å². The first kappa shape index (κ1) is 48.9. The Morgan fingerprint density at radius 2 is 1.83 bits per heavy atom. The van der Waals surface area contributed by atoms with Gasteiger partial charge in [-0.3, -0.25) is 29.1 Å². The van der Waals surface area contributed by atoms with Gasteiger partial charge in [0.05, 0.1) is 36.8 Å². The number of carbonyl (C=O) groups excluding carboxylic acids is 4. The molecule has 1 fully saturated rings. The minimum absolute atomic E-state index is 0.0188. The van der Waals surface area contributed by atoms with E-state index in [1.165, 1.54) is 26.3 Å². The highest BCUT2D eigenvalue weighted by atomic mass is 16.7. The molecular weight excluding hydrogens is 897 g/mol. The van der Waals surface area contributed by atoms with Crippen molar-refractivity contribution in [1.82, 2.24) is 20.9 Å². The number of methoxy groups -OCH3 is 1. The van der Waals surface area contributed by atoms with Crippen LogP contribution in [-0.2, 0) is 33.7 Å². The van der Waals surface area contributed by atoms with Crippen molar-refractivity contribution in [3.05, 3.63) is 111 Å². The van der Waals surface area contributed by atoms with Gasteiger partial charge in [-0.05, 0) is 84.4 Å². The number of guanidine groups is 1. The van der Waals surface area contributed by atoms with Gasteiger partial charge in [0, 0.05) is 80.3 Å². The standard InChI is InChI=1S/C48H58N8O13/c1-52-47(51)55-19-31-29-16-28(24-4-6-34(49)54-18-24)22(10-12-57)3-5-27(29)39-40(42(31)62)43(63)38-30(41(39)61)14-26(67-2)15-32(38)68-46-44(64)45(65)48(66,33(21-58)69-46)17-25(23-9-11-53-35(50)13-23)20-56-36(59)7-8-37(56)60/h4,6-9,13-15,18,22,25,28,33-34,44-46,53-54,57-58,62,64-66H,3,5,10-12,16-17,19-21,49-50H2,1-2H3,(H3,51,52,55). The lowest BCUT2D eigenvalue weighted by molar-refractivity contribution is -0.316. The van der Waals surface area contributed by atoms with E-state index in [4.69, 9.17) is 31.4 Å². The topological polar surface area (TPSA) is 347 Å². The maximum absolute atomic E-state index is 15.1. The van der Waals surface area contributed by atoms with Gasteiger partial charge in [-0.25, -0.2) is 0 Å². The summed E-state index contributed by atoms with van der Waals surface area (Å²) < 4.78 is 17.8. The summed E-state index contributed by atoms with van der Waals surface area (Å²) in [4.78, 5) is 60.5. The number of hydrogen-bond donors (Lipinski definition) is 12. The smallest absolute Gasteiger partial charge is 0.253 e. The number of phenols is 1. The monoisotopic (exact) mass is 954 g/mol. The number of benzene rings is 2. The van der Waals surface area contributed by atoms with Crippen molar-refractivity contribution in [2.24, 2.45) is 39.9 Å². The summed E-state index contributed by atoms with van der Waals surface area (Å²) in [6.45, 7) is -1.13. The highest BCUT2D eigenvalue weighted by molar-refractivity contribution is 6.31. The number of allylic oxidation sites excluding steroid dienone is 3. The quantitative estimate of drug-likeness (QED) is 0.0377. The van der Waals surface area contributed by atoms with Gasteiger partial charge < -0.3 is 78.0 Å². The number of hydrogen-bond acceptors (Lipinski definition) is 18. The summed E-state index contributed by atoms with van der Waals surface area (Å²) in [6, 6.07) is 2.62. The Balaban J connectivity index is 1.16. The highest BCUT2D eigenvalue weighted by Crippen LogP contribution is 2.48. The summed E-state index contributed by atoms with van der Waals surface area (Å²) in [7, 11) is 2.80. The second kappa shape index (κ2) is 19.8. The lowest BCUT2D eigenvalue weighted by Gasteiger charge is -2.49. The number of aliphatic imine (C=N–C) groups is 1. The third-order valence-electron chi connectivity index (χ3n) is 14.0. The van der Waals surface area contributed by atoms with Gasteiger partial charge in [-0.1, -0.05) is 12.2 Å². The molecule has 4 heterocycles. The largest absolute Gasteiger partial charge is 0.507 e. The molecule has 6 aliphatic rings. The third kappa shape index (κ3) is 9.09. The minimum Gasteiger partial charge on any atom is -0.507 e. The molecular formula is C48H58N8O13. The minimum atomic E-state index is -2.45. The van der Waals surface area contributed by atoms with Crippen molar-refractivity contribution in [1.29, 1.82) is 0 Å². The Kier molecular flexibility index (Phi) is 14.0. The van der Waals surface area contributed by atoms with Crippen LogP contribution in [0.15, 0.2) is 76.7 Å². The summed E-state index contributed by atoms with van der Waals surface area (Å²) in [6.07, 6.45) is 3.89. The molecule has 21 heteroatoms. The van der Waals surface area contributed by atoms with Crippen molar-refractivity contribution < 1.29 is 64.0 Å². The van der Waals surface area contributed by atoms with Crippen LogP contribution in [0, 0.1) is 17.8 Å².